The molecule has 2 heterocycles. The van der Waals surface area contributed by atoms with Gasteiger partial charge >= 0.3 is 0 Å². The minimum Gasteiger partial charge on any atom is -0.388 e. The van der Waals surface area contributed by atoms with E-state index < -0.39 is 6.10 Å². The van der Waals surface area contributed by atoms with Gasteiger partial charge in [0.1, 0.15) is 0 Å². The number of benzene rings is 1. The topological polar surface area (TPSA) is 49.8 Å². The number of thiophene rings is 1. The number of hydrogen-bond donors (Lipinski definition) is 1. The molecule has 0 aliphatic carbocycles. The van der Waals surface area contributed by atoms with Crippen molar-refractivity contribution in [1.29, 1.82) is 0 Å². The summed E-state index contributed by atoms with van der Waals surface area (Å²) in [6.07, 6.45) is 5.64. The van der Waals surface area contributed by atoms with Crippen LogP contribution in [-0.4, -0.2) is 30.3 Å². The van der Waals surface area contributed by atoms with Gasteiger partial charge in [0.25, 0.3) is 0 Å². The Hall–Kier alpha value is -0.586. The molecular formula is C26H36NO3SY-. The molecule has 1 amide bonds. The summed E-state index contributed by atoms with van der Waals surface area (Å²) in [7, 11) is 1.69. The van der Waals surface area contributed by atoms with Gasteiger partial charge in [-0.15, -0.1) is 10.3 Å². The summed E-state index contributed by atoms with van der Waals surface area (Å²) in [6.45, 7) is 6.68. The number of ether oxygens (including phenoxy) is 1. The molecule has 173 valence electrons. The number of aryl methyl sites for hydroxylation is 1. The van der Waals surface area contributed by atoms with Crippen LogP contribution in [0.4, 0.5) is 5.69 Å². The molecule has 1 aliphatic heterocycles. The van der Waals surface area contributed by atoms with Gasteiger partial charge in [0.2, 0.25) is 5.91 Å². The van der Waals surface area contributed by atoms with Crippen molar-refractivity contribution >= 4 is 22.9 Å². The SMILES string of the molecule is COC1CC(=O)N(c2ccc(C(O)CCCC(C)(C)C)cc2)C1CCCc1cc[c-]s1.[Y]. The molecule has 1 aromatic carbocycles. The van der Waals surface area contributed by atoms with E-state index in [1.165, 1.54) is 4.88 Å². The average molecular weight is 532 g/mol. The Kier molecular flexibility index (Phi) is 11.0. The summed E-state index contributed by atoms with van der Waals surface area (Å²) < 4.78 is 5.66. The van der Waals surface area contributed by atoms with Crippen LogP contribution in [0.15, 0.2) is 36.4 Å². The second kappa shape index (κ2) is 12.8. The number of rotatable bonds is 10. The number of amides is 1. The Bertz CT molecular complexity index is 817. The van der Waals surface area contributed by atoms with Crippen molar-refractivity contribution < 1.29 is 47.3 Å². The van der Waals surface area contributed by atoms with Crippen molar-refractivity contribution in [2.45, 2.75) is 84.0 Å². The molecule has 32 heavy (non-hydrogen) atoms. The van der Waals surface area contributed by atoms with Gasteiger partial charge < -0.3 is 26.1 Å². The van der Waals surface area contributed by atoms with Crippen molar-refractivity contribution in [3.8, 4) is 0 Å². The Morgan fingerprint density at radius 2 is 1.94 bits per heavy atom. The molecule has 1 aliphatic rings. The van der Waals surface area contributed by atoms with Crippen molar-refractivity contribution in [3.63, 3.8) is 0 Å². The fourth-order valence-electron chi connectivity index (χ4n) is 4.39. The predicted octanol–water partition coefficient (Wildman–Crippen LogP) is 5.94. The summed E-state index contributed by atoms with van der Waals surface area (Å²) in [6, 6.07) is 12.0. The first-order valence-electron chi connectivity index (χ1n) is 11.4. The van der Waals surface area contributed by atoms with Gasteiger partial charge in [0, 0.05) is 45.5 Å². The Morgan fingerprint density at radius 1 is 1.22 bits per heavy atom. The largest absolute Gasteiger partial charge is 0.388 e. The van der Waals surface area contributed by atoms with E-state index in [4.69, 9.17) is 4.74 Å². The molecule has 1 saturated heterocycles. The van der Waals surface area contributed by atoms with Crippen LogP contribution in [-0.2, 0) is 48.7 Å². The molecular weight excluding hydrogens is 495 g/mol. The zero-order chi connectivity index (χ0) is 22.4. The van der Waals surface area contributed by atoms with Crippen molar-refractivity contribution in [2.24, 2.45) is 5.41 Å². The third-order valence-corrected chi connectivity index (χ3v) is 6.98. The molecule has 1 N–H and O–H groups in total. The quantitative estimate of drug-likeness (QED) is 0.386. The summed E-state index contributed by atoms with van der Waals surface area (Å²) in [5.41, 5.74) is 2.09. The first-order valence-corrected chi connectivity index (χ1v) is 12.2. The zero-order valence-corrected chi connectivity index (χ0v) is 23.5. The van der Waals surface area contributed by atoms with Gasteiger partial charge in [-0.1, -0.05) is 52.2 Å². The second-order valence-corrected chi connectivity index (χ2v) is 10.7. The van der Waals surface area contributed by atoms with E-state index in [2.05, 4.69) is 32.2 Å². The molecule has 1 aromatic heterocycles. The number of aliphatic hydroxyl groups is 1. The fourth-order valence-corrected chi connectivity index (χ4v) is 5.06. The monoisotopic (exact) mass is 531 g/mol. The van der Waals surface area contributed by atoms with Crippen LogP contribution in [0.3, 0.4) is 0 Å². The Morgan fingerprint density at radius 3 is 2.53 bits per heavy atom. The van der Waals surface area contributed by atoms with Crippen LogP contribution in [0.5, 0.6) is 0 Å². The molecule has 4 nitrogen and oxygen atoms in total. The maximum Gasteiger partial charge on any atom is 0.230 e. The van der Waals surface area contributed by atoms with Crippen LogP contribution in [0.25, 0.3) is 0 Å². The first-order chi connectivity index (χ1) is 14.8. The summed E-state index contributed by atoms with van der Waals surface area (Å²) in [4.78, 5) is 16.0. The van der Waals surface area contributed by atoms with E-state index in [1.54, 1.807) is 18.4 Å². The molecule has 0 bridgehead atoms. The smallest absolute Gasteiger partial charge is 0.230 e. The molecule has 6 heteroatoms. The second-order valence-electron chi connectivity index (χ2n) is 9.78. The number of aliphatic hydroxyl groups excluding tert-OH is 1. The van der Waals surface area contributed by atoms with E-state index in [0.29, 0.717) is 6.42 Å². The van der Waals surface area contributed by atoms with E-state index in [0.717, 1.165) is 49.8 Å². The zero-order valence-electron chi connectivity index (χ0n) is 19.8. The van der Waals surface area contributed by atoms with Gasteiger partial charge in [-0.2, -0.15) is 6.07 Å². The molecule has 0 spiro atoms. The molecule has 0 saturated carbocycles. The van der Waals surface area contributed by atoms with Gasteiger partial charge in [0.05, 0.1) is 24.7 Å². The fraction of sp³-hybridized carbons (Fsp3) is 0.577. The van der Waals surface area contributed by atoms with E-state index in [-0.39, 0.29) is 56.2 Å². The average Bonchev–Trinajstić information content (AvgIpc) is 3.35. The number of carbonyl (C=O) groups excluding carboxylic acids is 1. The summed E-state index contributed by atoms with van der Waals surface area (Å²) >= 11 is 1.66. The van der Waals surface area contributed by atoms with E-state index in [1.807, 2.05) is 35.2 Å². The predicted molar refractivity (Wildman–Crippen MR) is 127 cm³/mol. The van der Waals surface area contributed by atoms with Crippen molar-refractivity contribution in [3.05, 3.63) is 52.2 Å². The molecule has 3 atom stereocenters. The van der Waals surface area contributed by atoms with Crippen LogP contribution in [0.2, 0.25) is 0 Å². The van der Waals surface area contributed by atoms with Crippen LogP contribution < -0.4 is 4.90 Å². The normalized spacial score (nSPS) is 19.8. The number of methoxy groups -OCH3 is 1. The molecule has 3 rings (SSSR count). The number of carbonyl (C=O) groups is 1. The molecule has 2 aromatic rings. The minimum atomic E-state index is -0.462. The van der Waals surface area contributed by atoms with E-state index in [9.17, 15) is 9.90 Å². The molecule has 3 unspecified atom stereocenters. The minimum absolute atomic E-state index is 0. The summed E-state index contributed by atoms with van der Waals surface area (Å²) in [5.74, 6) is 0.111. The van der Waals surface area contributed by atoms with Gasteiger partial charge in [-0.05, 0) is 42.4 Å². The van der Waals surface area contributed by atoms with E-state index >= 15 is 0 Å². The number of nitrogens with zero attached hydrogens (tertiary/aromatic N) is 1. The molecule has 1 fully saturated rings. The van der Waals surface area contributed by atoms with Gasteiger partial charge in [-0.3, -0.25) is 4.79 Å². The van der Waals surface area contributed by atoms with Crippen molar-refractivity contribution in [2.75, 3.05) is 12.0 Å². The molecule has 1 radical (unpaired) electrons. The maximum atomic E-state index is 12.8. The van der Waals surface area contributed by atoms with Crippen molar-refractivity contribution in [1.82, 2.24) is 0 Å². The third-order valence-electron chi connectivity index (χ3n) is 6.12. The summed E-state index contributed by atoms with van der Waals surface area (Å²) in [5, 5.41) is 13.7. The maximum absolute atomic E-state index is 12.8. The standard InChI is InChI=1S/C26H36NO3S.Y/c1-26(2,3)16-6-11-23(28)19-12-14-20(15-13-19)27-22(24(30-4)18-25(27)29)10-5-8-21-9-7-17-31-21;/h7,9,12-15,22-24,28H,5-6,8,10-11,16,18H2,1-4H3;/q-1;. The van der Waals surface area contributed by atoms with Gasteiger partial charge in [-0.25, -0.2) is 6.07 Å². The Balaban J connectivity index is 0.00000363. The number of anilines is 1. The number of hydrogen-bond acceptors (Lipinski definition) is 4. The van der Waals surface area contributed by atoms with Crippen LogP contribution in [0, 0.1) is 10.8 Å². The van der Waals surface area contributed by atoms with Crippen LogP contribution >= 0.6 is 11.3 Å². The Labute approximate surface area is 222 Å². The first kappa shape index (κ1) is 27.7. The third kappa shape index (κ3) is 7.73. The van der Waals surface area contributed by atoms with Gasteiger partial charge in [0.15, 0.2) is 0 Å². The van der Waals surface area contributed by atoms with Crippen LogP contribution in [0.1, 0.15) is 75.8 Å².